The maximum atomic E-state index is 12.5. The molecule has 1 atom stereocenters. The molecule has 2 fully saturated rings. The van der Waals surface area contributed by atoms with Crippen LogP contribution in [0.25, 0.3) is 0 Å². The van der Waals surface area contributed by atoms with E-state index in [9.17, 15) is 22.8 Å². The number of carbonyl (C=O) groups is 3. The largest absolute Gasteiger partial charge is 0.354 e. The minimum atomic E-state index is -3.73. The molecule has 0 spiro atoms. The van der Waals surface area contributed by atoms with Gasteiger partial charge in [0.25, 0.3) is 5.91 Å². The van der Waals surface area contributed by atoms with E-state index >= 15 is 0 Å². The van der Waals surface area contributed by atoms with Gasteiger partial charge >= 0.3 is 6.03 Å². The molecule has 146 valence electrons. The molecule has 2 aliphatic rings. The molecule has 1 unspecified atom stereocenters. The molecule has 1 saturated carbocycles. The third-order valence-electron chi connectivity index (χ3n) is 4.98. The predicted octanol–water partition coefficient (Wildman–Crippen LogP) is -0.287. The Morgan fingerprint density at radius 1 is 1.30 bits per heavy atom. The monoisotopic (exact) mass is 394 g/mol. The van der Waals surface area contributed by atoms with Crippen LogP contribution < -0.4 is 15.8 Å². The van der Waals surface area contributed by atoms with E-state index in [4.69, 9.17) is 5.14 Å². The van der Waals surface area contributed by atoms with Gasteiger partial charge in [-0.25, -0.2) is 18.4 Å². The van der Waals surface area contributed by atoms with Gasteiger partial charge in [-0.05, 0) is 49.8 Å². The summed E-state index contributed by atoms with van der Waals surface area (Å²) < 4.78 is 22.4. The number of urea groups is 1. The first-order chi connectivity index (χ1) is 12.6. The molecule has 10 heteroatoms. The van der Waals surface area contributed by atoms with Gasteiger partial charge in [-0.15, -0.1) is 0 Å². The van der Waals surface area contributed by atoms with Gasteiger partial charge in [0.2, 0.25) is 15.9 Å². The Hall–Kier alpha value is -2.46. The van der Waals surface area contributed by atoms with E-state index in [1.807, 2.05) is 0 Å². The molecule has 4 N–H and O–H groups in total. The Balaban J connectivity index is 1.49. The molecule has 27 heavy (non-hydrogen) atoms. The van der Waals surface area contributed by atoms with Gasteiger partial charge in [0.15, 0.2) is 0 Å². The highest BCUT2D eigenvalue weighted by Crippen LogP contribution is 2.42. The van der Waals surface area contributed by atoms with E-state index in [1.165, 1.54) is 12.1 Å². The number of amides is 4. The van der Waals surface area contributed by atoms with Gasteiger partial charge in [-0.3, -0.25) is 14.5 Å². The van der Waals surface area contributed by atoms with Crippen LogP contribution in [-0.2, 0) is 26.0 Å². The fourth-order valence-corrected chi connectivity index (χ4v) is 3.70. The highest BCUT2D eigenvalue weighted by atomic mass is 32.2. The first-order valence-electron chi connectivity index (χ1n) is 8.64. The lowest BCUT2D eigenvalue weighted by Crippen LogP contribution is -2.47. The molecule has 1 aliphatic heterocycles. The number of hydrogen-bond acceptors (Lipinski definition) is 5. The summed E-state index contributed by atoms with van der Waals surface area (Å²) in [6.45, 7) is 1.67. The number of nitrogens with zero attached hydrogens (tertiary/aromatic N) is 1. The van der Waals surface area contributed by atoms with Crippen molar-refractivity contribution in [3.05, 3.63) is 29.8 Å². The van der Waals surface area contributed by atoms with Crippen molar-refractivity contribution in [3.63, 3.8) is 0 Å². The highest BCUT2D eigenvalue weighted by molar-refractivity contribution is 7.89. The molecule has 0 aromatic heterocycles. The molecule has 0 bridgehead atoms. The van der Waals surface area contributed by atoms with Crippen LogP contribution in [-0.4, -0.2) is 49.8 Å². The Labute approximate surface area is 157 Å². The van der Waals surface area contributed by atoms with Crippen LogP contribution >= 0.6 is 0 Å². The molecule has 1 aromatic carbocycles. The number of carbonyl (C=O) groups excluding carboxylic acids is 3. The molecular weight excluding hydrogens is 372 g/mol. The van der Waals surface area contributed by atoms with Crippen molar-refractivity contribution in [2.45, 2.75) is 36.6 Å². The van der Waals surface area contributed by atoms with Crippen molar-refractivity contribution in [1.82, 2.24) is 15.5 Å². The van der Waals surface area contributed by atoms with E-state index in [-0.39, 0.29) is 29.8 Å². The van der Waals surface area contributed by atoms with Crippen LogP contribution in [0.1, 0.15) is 25.3 Å². The molecule has 9 nitrogen and oxygen atoms in total. The van der Waals surface area contributed by atoms with Crippen molar-refractivity contribution < 1.29 is 22.8 Å². The van der Waals surface area contributed by atoms with E-state index in [2.05, 4.69) is 10.6 Å². The molecule has 4 amide bonds. The fraction of sp³-hybridized carbons (Fsp3) is 0.471. The zero-order chi connectivity index (χ0) is 19.8. The highest BCUT2D eigenvalue weighted by Gasteiger charge is 2.56. The first-order valence-corrected chi connectivity index (χ1v) is 10.2. The summed E-state index contributed by atoms with van der Waals surface area (Å²) in [4.78, 5) is 37.6. The lowest BCUT2D eigenvalue weighted by Gasteiger charge is -2.20. The second kappa shape index (κ2) is 6.93. The number of nitrogens with one attached hydrogen (secondary N) is 2. The summed E-state index contributed by atoms with van der Waals surface area (Å²) in [7, 11) is -3.73. The topological polar surface area (TPSA) is 139 Å². The Kier molecular flexibility index (Phi) is 4.96. The number of nitrogens with two attached hydrogens (primary N) is 1. The van der Waals surface area contributed by atoms with Crippen LogP contribution in [0.2, 0.25) is 0 Å². The lowest BCUT2D eigenvalue weighted by molar-refractivity contribution is -0.135. The van der Waals surface area contributed by atoms with Gasteiger partial charge < -0.3 is 10.6 Å². The molecule has 1 aliphatic carbocycles. The number of rotatable bonds is 7. The summed E-state index contributed by atoms with van der Waals surface area (Å²) >= 11 is 0. The van der Waals surface area contributed by atoms with Crippen molar-refractivity contribution >= 4 is 27.9 Å². The van der Waals surface area contributed by atoms with Gasteiger partial charge in [0.1, 0.15) is 12.1 Å². The average Bonchev–Trinajstić information content (AvgIpc) is 3.41. The lowest BCUT2D eigenvalue weighted by atomic mass is 9.96. The van der Waals surface area contributed by atoms with E-state index in [0.29, 0.717) is 6.42 Å². The zero-order valence-electron chi connectivity index (χ0n) is 14.9. The van der Waals surface area contributed by atoms with Crippen LogP contribution in [0, 0.1) is 5.92 Å². The second-order valence-corrected chi connectivity index (χ2v) is 8.65. The van der Waals surface area contributed by atoms with Crippen LogP contribution in [0.15, 0.2) is 29.2 Å². The summed E-state index contributed by atoms with van der Waals surface area (Å²) in [6, 6.07) is 5.49. The predicted molar refractivity (Wildman–Crippen MR) is 95.9 cm³/mol. The Bertz CT molecular complexity index is 879. The molecule has 0 radical (unpaired) electrons. The van der Waals surface area contributed by atoms with Crippen molar-refractivity contribution in [1.29, 1.82) is 0 Å². The van der Waals surface area contributed by atoms with Crippen molar-refractivity contribution in [2.24, 2.45) is 11.1 Å². The first kappa shape index (κ1) is 19.3. The average molecular weight is 394 g/mol. The molecular formula is C17H22N4O5S. The van der Waals surface area contributed by atoms with E-state index in [0.717, 1.165) is 23.3 Å². The van der Waals surface area contributed by atoms with E-state index in [1.54, 1.807) is 19.1 Å². The summed E-state index contributed by atoms with van der Waals surface area (Å²) in [5, 5.41) is 10.4. The smallest absolute Gasteiger partial charge is 0.325 e. The third-order valence-corrected chi connectivity index (χ3v) is 5.91. The molecule has 3 rings (SSSR count). The Morgan fingerprint density at radius 2 is 1.93 bits per heavy atom. The van der Waals surface area contributed by atoms with Gasteiger partial charge in [-0.2, -0.15) is 0 Å². The van der Waals surface area contributed by atoms with Gasteiger partial charge in [-0.1, -0.05) is 12.1 Å². The SMILES string of the molecule is CC1(C2CC2)NC(=O)N(CC(=O)NCCc2ccc(S(N)(=O)=O)cc2)C1=O. The molecule has 1 aromatic rings. The van der Waals surface area contributed by atoms with Crippen molar-refractivity contribution in [2.75, 3.05) is 13.1 Å². The van der Waals surface area contributed by atoms with Gasteiger partial charge in [0.05, 0.1) is 4.90 Å². The number of primary sulfonamides is 1. The Morgan fingerprint density at radius 3 is 2.48 bits per heavy atom. The minimum absolute atomic E-state index is 0.0209. The van der Waals surface area contributed by atoms with E-state index < -0.39 is 27.5 Å². The third kappa shape index (κ3) is 4.11. The quantitative estimate of drug-likeness (QED) is 0.546. The van der Waals surface area contributed by atoms with Crippen LogP contribution in [0.3, 0.4) is 0 Å². The molecule has 1 saturated heterocycles. The minimum Gasteiger partial charge on any atom is -0.354 e. The fourth-order valence-electron chi connectivity index (χ4n) is 3.19. The number of hydrogen-bond donors (Lipinski definition) is 3. The normalized spacial score (nSPS) is 22.7. The summed E-state index contributed by atoms with van der Waals surface area (Å²) in [5.41, 5.74) is -0.0818. The van der Waals surface area contributed by atoms with Crippen molar-refractivity contribution in [3.8, 4) is 0 Å². The zero-order valence-corrected chi connectivity index (χ0v) is 15.7. The number of benzene rings is 1. The van der Waals surface area contributed by atoms with Crippen LogP contribution in [0.5, 0.6) is 0 Å². The number of sulfonamides is 1. The summed E-state index contributed by atoms with van der Waals surface area (Å²) in [5.74, 6) is -0.647. The maximum Gasteiger partial charge on any atom is 0.325 e. The number of imide groups is 1. The van der Waals surface area contributed by atoms with Crippen LogP contribution in [0.4, 0.5) is 4.79 Å². The standard InChI is InChI=1S/C17H22N4O5S/c1-17(12-4-5-12)15(23)21(16(24)20-17)10-14(22)19-9-8-11-2-6-13(7-3-11)27(18,25)26/h2-3,6-7,12H,4-5,8-10H2,1H3,(H,19,22)(H,20,24)(H2,18,25,26). The maximum absolute atomic E-state index is 12.5. The second-order valence-electron chi connectivity index (χ2n) is 7.09. The summed E-state index contributed by atoms with van der Waals surface area (Å²) in [6.07, 6.45) is 2.26. The van der Waals surface area contributed by atoms with Gasteiger partial charge in [0, 0.05) is 6.54 Å². The molecule has 1 heterocycles.